The molecule has 29 heavy (non-hydrogen) atoms. The van der Waals surface area contributed by atoms with E-state index in [0.29, 0.717) is 11.4 Å². The molecule has 0 fully saturated rings. The number of sulfone groups is 1. The van der Waals surface area contributed by atoms with E-state index in [4.69, 9.17) is 16.0 Å². The zero-order valence-electron chi connectivity index (χ0n) is 15.3. The minimum Gasteiger partial charge on any atom is -0.455 e. The molecule has 3 aromatic rings. The number of hydrogen-bond acceptors (Lipinski definition) is 5. The summed E-state index contributed by atoms with van der Waals surface area (Å²) >= 11 is 6.13. The topological polar surface area (TPSA) is 105 Å². The van der Waals surface area contributed by atoms with Gasteiger partial charge in [-0.25, -0.2) is 8.42 Å². The van der Waals surface area contributed by atoms with Crippen molar-refractivity contribution in [3.63, 3.8) is 0 Å². The molecule has 0 aliphatic rings. The minimum absolute atomic E-state index is 0.0507. The average molecular weight is 433 g/mol. The van der Waals surface area contributed by atoms with E-state index >= 15 is 0 Å². The van der Waals surface area contributed by atoms with Crippen molar-refractivity contribution in [2.45, 2.75) is 17.6 Å². The first-order valence-electron chi connectivity index (χ1n) is 8.49. The molecule has 2 aromatic carbocycles. The smallest absolute Gasteiger partial charge is 0.291 e. The molecule has 3 rings (SSSR count). The highest BCUT2D eigenvalue weighted by atomic mass is 35.5. The van der Waals surface area contributed by atoms with E-state index in [2.05, 4.69) is 10.6 Å². The Morgan fingerprint density at radius 3 is 2.38 bits per heavy atom. The molecule has 0 bridgehead atoms. The van der Waals surface area contributed by atoms with Crippen LogP contribution in [-0.4, -0.2) is 20.2 Å². The van der Waals surface area contributed by atoms with E-state index in [1.807, 2.05) is 0 Å². The summed E-state index contributed by atoms with van der Waals surface area (Å²) in [5, 5.41) is 5.40. The van der Waals surface area contributed by atoms with Gasteiger partial charge in [0.1, 0.15) is 11.5 Å². The van der Waals surface area contributed by atoms with Gasteiger partial charge in [0, 0.05) is 12.6 Å². The van der Waals surface area contributed by atoms with E-state index in [-0.39, 0.29) is 33.1 Å². The third kappa shape index (κ3) is 5.24. The number of halogens is 1. The first-order valence-corrected chi connectivity index (χ1v) is 10.5. The van der Waals surface area contributed by atoms with Gasteiger partial charge in [-0.1, -0.05) is 29.8 Å². The van der Waals surface area contributed by atoms with Gasteiger partial charge in [-0.2, -0.15) is 0 Å². The lowest BCUT2D eigenvalue weighted by atomic mass is 10.2. The van der Waals surface area contributed by atoms with Crippen LogP contribution < -0.4 is 10.6 Å². The summed E-state index contributed by atoms with van der Waals surface area (Å²) in [6, 6.07) is 15.4. The number of hydrogen-bond donors (Lipinski definition) is 2. The standard InChI is InChI=1S/C20H17ClN2O5S/c1-13(24)22-14-7-9-18(17(21)11-14)23-20(25)19-10-8-15(28-19)12-29(26,27)16-5-3-2-4-6-16/h2-11H,12H2,1H3,(H,22,24)(H,23,25). The molecule has 1 aromatic heterocycles. The van der Waals surface area contributed by atoms with E-state index in [0.717, 1.165) is 0 Å². The Bertz CT molecular complexity index is 1160. The predicted molar refractivity (Wildman–Crippen MR) is 110 cm³/mol. The van der Waals surface area contributed by atoms with Crippen molar-refractivity contribution in [3.05, 3.63) is 77.2 Å². The molecule has 0 unspecified atom stereocenters. The molecule has 0 aliphatic carbocycles. The molecule has 1 heterocycles. The van der Waals surface area contributed by atoms with Crippen LogP contribution in [0.4, 0.5) is 11.4 Å². The summed E-state index contributed by atoms with van der Waals surface area (Å²) in [6.07, 6.45) is 0. The van der Waals surface area contributed by atoms with E-state index in [1.165, 1.54) is 43.3 Å². The van der Waals surface area contributed by atoms with Crippen molar-refractivity contribution in [1.82, 2.24) is 0 Å². The molecule has 0 radical (unpaired) electrons. The minimum atomic E-state index is -3.59. The van der Waals surface area contributed by atoms with Crippen LogP contribution in [0.1, 0.15) is 23.2 Å². The third-order valence-electron chi connectivity index (χ3n) is 3.86. The van der Waals surface area contributed by atoms with Gasteiger partial charge in [-0.3, -0.25) is 9.59 Å². The van der Waals surface area contributed by atoms with Crippen molar-refractivity contribution in [2.75, 3.05) is 10.6 Å². The summed E-state index contributed by atoms with van der Waals surface area (Å²) in [5.41, 5.74) is 0.813. The second-order valence-electron chi connectivity index (χ2n) is 6.17. The zero-order valence-corrected chi connectivity index (χ0v) is 16.9. The fourth-order valence-corrected chi connectivity index (χ4v) is 4.05. The maximum Gasteiger partial charge on any atom is 0.291 e. The van der Waals surface area contributed by atoms with Crippen molar-refractivity contribution in [2.24, 2.45) is 0 Å². The van der Waals surface area contributed by atoms with Crippen molar-refractivity contribution in [3.8, 4) is 0 Å². The number of furan rings is 1. The molecule has 150 valence electrons. The summed E-state index contributed by atoms with van der Waals surface area (Å²) in [6.45, 7) is 1.37. The fourth-order valence-electron chi connectivity index (χ4n) is 2.56. The van der Waals surface area contributed by atoms with Crippen LogP contribution in [0.25, 0.3) is 0 Å². The highest BCUT2D eigenvalue weighted by Crippen LogP contribution is 2.26. The van der Waals surface area contributed by atoms with Gasteiger partial charge in [0.2, 0.25) is 5.91 Å². The first-order chi connectivity index (χ1) is 13.7. The van der Waals surface area contributed by atoms with Crippen LogP contribution in [0.15, 0.2) is 70.0 Å². The summed E-state index contributed by atoms with van der Waals surface area (Å²) in [7, 11) is -3.59. The van der Waals surface area contributed by atoms with Crippen molar-refractivity contribution >= 4 is 44.6 Å². The van der Waals surface area contributed by atoms with E-state index < -0.39 is 15.7 Å². The number of nitrogens with one attached hydrogen (secondary N) is 2. The second-order valence-corrected chi connectivity index (χ2v) is 8.56. The normalized spacial score (nSPS) is 11.1. The Balaban J connectivity index is 1.70. The highest BCUT2D eigenvalue weighted by molar-refractivity contribution is 7.90. The van der Waals surface area contributed by atoms with Crippen molar-refractivity contribution in [1.29, 1.82) is 0 Å². The quantitative estimate of drug-likeness (QED) is 0.609. The molecular weight excluding hydrogens is 416 g/mol. The van der Waals surface area contributed by atoms with Crippen LogP contribution in [0.3, 0.4) is 0 Å². The second kappa shape index (κ2) is 8.50. The molecule has 2 N–H and O–H groups in total. The number of rotatable bonds is 6. The lowest BCUT2D eigenvalue weighted by Gasteiger charge is -2.08. The number of amides is 2. The summed E-state index contributed by atoms with van der Waals surface area (Å²) in [4.78, 5) is 23.7. The van der Waals surface area contributed by atoms with E-state index in [9.17, 15) is 18.0 Å². The third-order valence-corrected chi connectivity index (χ3v) is 5.83. The monoisotopic (exact) mass is 432 g/mol. The van der Waals surface area contributed by atoms with Gasteiger partial charge < -0.3 is 15.1 Å². The van der Waals surface area contributed by atoms with Gasteiger partial charge in [0.15, 0.2) is 15.6 Å². The number of anilines is 2. The summed E-state index contributed by atoms with van der Waals surface area (Å²) < 4.78 is 30.2. The van der Waals surface area contributed by atoms with Crippen LogP contribution in [0.2, 0.25) is 5.02 Å². The molecule has 0 aliphatic heterocycles. The Labute approximate surface area is 172 Å². The number of carbonyl (C=O) groups excluding carboxylic acids is 2. The predicted octanol–water partition coefficient (Wildman–Crippen LogP) is 4.12. The first kappa shape index (κ1) is 20.6. The Morgan fingerprint density at radius 1 is 1.00 bits per heavy atom. The SMILES string of the molecule is CC(=O)Nc1ccc(NC(=O)c2ccc(CS(=O)(=O)c3ccccc3)o2)c(Cl)c1. The van der Waals surface area contributed by atoms with Gasteiger partial charge in [0.05, 0.1) is 15.6 Å². The summed E-state index contributed by atoms with van der Waals surface area (Å²) in [5.74, 6) is -1.10. The molecule has 7 nitrogen and oxygen atoms in total. The van der Waals surface area contributed by atoms with Gasteiger partial charge in [-0.05, 0) is 42.5 Å². The van der Waals surface area contributed by atoms with Crippen LogP contribution in [0.5, 0.6) is 0 Å². The molecule has 9 heteroatoms. The van der Waals surface area contributed by atoms with Gasteiger partial charge in [-0.15, -0.1) is 0 Å². The Kier molecular flexibility index (Phi) is 6.05. The molecule has 2 amide bonds. The van der Waals surface area contributed by atoms with Crippen LogP contribution in [-0.2, 0) is 20.4 Å². The molecule has 0 saturated carbocycles. The van der Waals surface area contributed by atoms with Crippen LogP contribution in [0, 0.1) is 0 Å². The highest BCUT2D eigenvalue weighted by Gasteiger charge is 2.19. The molecule has 0 saturated heterocycles. The van der Waals surface area contributed by atoms with E-state index in [1.54, 1.807) is 24.3 Å². The maximum absolute atomic E-state index is 12.4. The number of benzene rings is 2. The average Bonchev–Trinajstić information content (AvgIpc) is 3.12. The van der Waals surface area contributed by atoms with Gasteiger partial charge in [0.25, 0.3) is 5.91 Å². The Hall–Kier alpha value is -3.10. The lowest BCUT2D eigenvalue weighted by molar-refractivity contribution is -0.114. The van der Waals surface area contributed by atoms with Crippen molar-refractivity contribution < 1.29 is 22.4 Å². The Morgan fingerprint density at radius 2 is 1.72 bits per heavy atom. The number of carbonyl (C=O) groups is 2. The van der Waals surface area contributed by atoms with Gasteiger partial charge >= 0.3 is 0 Å². The molecule has 0 atom stereocenters. The maximum atomic E-state index is 12.4. The molecule has 0 spiro atoms. The van der Waals surface area contributed by atoms with Crippen LogP contribution >= 0.6 is 11.6 Å². The lowest BCUT2D eigenvalue weighted by Crippen LogP contribution is -2.12. The molecular formula is C20H17ClN2O5S. The fraction of sp³-hybridized carbons (Fsp3) is 0.100. The zero-order chi connectivity index (χ0) is 21.0. The largest absolute Gasteiger partial charge is 0.455 e.